The Hall–Kier alpha value is -1.22. The van der Waals surface area contributed by atoms with Gasteiger partial charge in [0.1, 0.15) is 5.75 Å². The van der Waals surface area contributed by atoms with Gasteiger partial charge >= 0.3 is 0 Å². The lowest BCUT2D eigenvalue weighted by atomic mass is 9.89. The van der Waals surface area contributed by atoms with E-state index in [9.17, 15) is 5.11 Å². The standard InChI is InChI=1S/C16H16Cl2O2/c1-16(19,12-4-6-13(20-2)7-5-12)10-11-3-8-14(17)15(18)9-11/h3-9,19H,10H2,1-2H3. The lowest BCUT2D eigenvalue weighted by Gasteiger charge is -2.24. The lowest BCUT2D eigenvalue weighted by molar-refractivity contribution is 0.0576. The van der Waals surface area contributed by atoms with E-state index in [0.717, 1.165) is 16.9 Å². The van der Waals surface area contributed by atoms with E-state index < -0.39 is 5.60 Å². The first-order valence-corrected chi connectivity index (χ1v) is 6.99. The maximum absolute atomic E-state index is 10.6. The maximum atomic E-state index is 10.6. The van der Waals surface area contributed by atoms with Crippen LogP contribution >= 0.6 is 23.2 Å². The molecular weight excluding hydrogens is 295 g/mol. The molecule has 2 aromatic carbocycles. The molecule has 4 heteroatoms. The Balaban J connectivity index is 2.22. The average Bonchev–Trinajstić information content (AvgIpc) is 2.43. The summed E-state index contributed by atoms with van der Waals surface area (Å²) < 4.78 is 5.12. The summed E-state index contributed by atoms with van der Waals surface area (Å²) >= 11 is 11.9. The van der Waals surface area contributed by atoms with Gasteiger partial charge in [-0.2, -0.15) is 0 Å². The van der Waals surface area contributed by atoms with Crippen molar-refractivity contribution in [3.05, 3.63) is 63.6 Å². The van der Waals surface area contributed by atoms with Crippen molar-refractivity contribution in [1.82, 2.24) is 0 Å². The van der Waals surface area contributed by atoms with Crippen molar-refractivity contribution >= 4 is 23.2 Å². The molecule has 2 aromatic rings. The van der Waals surface area contributed by atoms with Gasteiger partial charge in [-0.1, -0.05) is 41.4 Å². The van der Waals surface area contributed by atoms with E-state index in [-0.39, 0.29) is 0 Å². The SMILES string of the molecule is COc1ccc(C(C)(O)Cc2ccc(Cl)c(Cl)c2)cc1. The summed E-state index contributed by atoms with van der Waals surface area (Å²) in [6.45, 7) is 1.78. The van der Waals surface area contributed by atoms with Crippen LogP contribution in [0.3, 0.4) is 0 Å². The molecule has 0 aliphatic carbocycles. The number of rotatable bonds is 4. The average molecular weight is 311 g/mol. The Morgan fingerprint density at radius 3 is 2.25 bits per heavy atom. The van der Waals surface area contributed by atoms with Crippen LogP contribution in [0, 0.1) is 0 Å². The van der Waals surface area contributed by atoms with Crippen molar-refractivity contribution in [3.63, 3.8) is 0 Å². The fourth-order valence-corrected chi connectivity index (χ4v) is 2.42. The van der Waals surface area contributed by atoms with Gasteiger partial charge < -0.3 is 9.84 Å². The van der Waals surface area contributed by atoms with Crippen molar-refractivity contribution < 1.29 is 9.84 Å². The summed E-state index contributed by atoms with van der Waals surface area (Å²) in [5.41, 5.74) is 0.772. The number of benzene rings is 2. The molecule has 0 saturated carbocycles. The molecular formula is C16H16Cl2O2. The van der Waals surface area contributed by atoms with E-state index in [1.165, 1.54) is 0 Å². The van der Waals surface area contributed by atoms with Crippen LogP contribution in [-0.2, 0) is 12.0 Å². The summed E-state index contributed by atoms with van der Waals surface area (Å²) in [7, 11) is 1.61. The fraction of sp³-hybridized carbons (Fsp3) is 0.250. The smallest absolute Gasteiger partial charge is 0.118 e. The molecule has 0 aliphatic heterocycles. The second-order valence-corrected chi connectivity index (χ2v) is 5.74. The van der Waals surface area contributed by atoms with Crippen molar-refractivity contribution in [2.75, 3.05) is 7.11 Å². The first-order chi connectivity index (χ1) is 9.42. The van der Waals surface area contributed by atoms with Gasteiger partial charge in [0.05, 0.1) is 22.8 Å². The van der Waals surface area contributed by atoms with Crippen molar-refractivity contribution in [2.24, 2.45) is 0 Å². The van der Waals surface area contributed by atoms with Gasteiger partial charge in [0, 0.05) is 6.42 Å². The van der Waals surface area contributed by atoms with Crippen molar-refractivity contribution in [2.45, 2.75) is 18.9 Å². The molecule has 0 aromatic heterocycles. The number of aliphatic hydroxyl groups is 1. The highest BCUT2D eigenvalue weighted by Crippen LogP contribution is 2.29. The van der Waals surface area contributed by atoms with Crippen LogP contribution in [0.2, 0.25) is 10.0 Å². The lowest BCUT2D eigenvalue weighted by Crippen LogP contribution is -2.24. The van der Waals surface area contributed by atoms with Gasteiger partial charge in [0.25, 0.3) is 0 Å². The molecule has 0 spiro atoms. The van der Waals surface area contributed by atoms with Crippen LogP contribution < -0.4 is 4.74 Å². The molecule has 0 saturated heterocycles. The Labute approximate surface area is 128 Å². The van der Waals surface area contributed by atoms with E-state index in [1.54, 1.807) is 26.2 Å². The van der Waals surface area contributed by atoms with E-state index in [2.05, 4.69) is 0 Å². The molecule has 1 N–H and O–H groups in total. The Kier molecular flexibility index (Phi) is 4.59. The topological polar surface area (TPSA) is 29.5 Å². The Morgan fingerprint density at radius 1 is 1.05 bits per heavy atom. The molecule has 0 fully saturated rings. The minimum absolute atomic E-state index is 0.455. The van der Waals surface area contributed by atoms with Gasteiger partial charge in [-0.3, -0.25) is 0 Å². The number of ether oxygens (including phenoxy) is 1. The predicted octanol–water partition coefficient (Wildman–Crippen LogP) is 4.45. The van der Waals surface area contributed by atoms with Crippen LogP contribution in [0.15, 0.2) is 42.5 Å². The molecule has 0 heterocycles. The Bertz CT molecular complexity index is 592. The highest BCUT2D eigenvalue weighted by Gasteiger charge is 2.23. The summed E-state index contributed by atoms with van der Waals surface area (Å²) in [6.07, 6.45) is 0.455. The highest BCUT2D eigenvalue weighted by atomic mass is 35.5. The Morgan fingerprint density at radius 2 is 1.70 bits per heavy atom. The third-order valence-corrected chi connectivity index (χ3v) is 3.98. The molecule has 2 rings (SSSR count). The normalized spacial score (nSPS) is 13.8. The van der Waals surface area contributed by atoms with Gasteiger partial charge in [-0.15, -0.1) is 0 Å². The number of hydrogen-bond acceptors (Lipinski definition) is 2. The minimum atomic E-state index is -0.983. The molecule has 106 valence electrons. The number of hydrogen-bond donors (Lipinski definition) is 1. The molecule has 1 atom stereocenters. The molecule has 1 unspecified atom stereocenters. The molecule has 2 nitrogen and oxygen atoms in total. The van der Waals surface area contributed by atoms with E-state index >= 15 is 0 Å². The third-order valence-electron chi connectivity index (χ3n) is 3.24. The predicted molar refractivity (Wildman–Crippen MR) is 82.7 cm³/mol. The monoisotopic (exact) mass is 310 g/mol. The second-order valence-electron chi connectivity index (χ2n) is 4.93. The first-order valence-electron chi connectivity index (χ1n) is 6.23. The maximum Gasteiger partial charge on any atom is 0.118 e. The van der Waals surface area contributed by atoms with Gasteiger partial charge in [0.15, 0.2) is 0 Å². The fourth-order valence-electron chi connectivity index (χ4n) is 2.10. The molecule has 0 amide bonds. The van der Waals surface area contributed by atoms with Crippen LogP contribution in [0.25, 0.3) is 0 Å². The zero-order valence-electron chi connectivity index (χ0n) is 11.4. The third kappa shape index (κ3) is 3.45. The van der Waals surface area contributed by atoms with Crippen LogP contribution in [0.1, 0.15) is 18.1 Å². The number of halogens is 2. The van der Waals surface area contributed by atoms with E-state index in [0.29, 0.717) is 16.5 Å². The van der Waals surface area contributed by atoms with E-state index in [1.807, 2.05) is 30.3 Å². The van der Waals surface area contributed by atoms with Crippen molar-refractivity contribution in [3.8, 4) is 5.75 Å². The summed E-state index contributed by atoms with van der Waals surface area (Å²) in [4.78, 5) is 0. The van der Waals surface area contributed by atoms with Gasteiger partial charge in [-0.25, -0.2) is 0 Å². The molecule has 20 heavy (non-hydrogen) atoms. The van der Waals surface area contributed by atoms with Crippen LogP contribution in [0.5, 0.6) is 5.75 Å². The zero-order chi connectivity index (χ0) is 14.8. The number of methoxy groups -OCH3 is 1. The summed E-state index contributed by atoms with van der Waals surface area (Å²) in [5.74, 6) is 0.763. The van der Waals surface area contributed by atoms with Crippen LogP contribution in [0.4, 0.5) is 0 Å². The summed E-state index contributed by atoms with van der Waals surface area (Å²) in [6, 6.07) is 12.8. The molecule has 0 bridgehead atoms. The first kappa shape index (κ1) is 15.2. The van der Waals surface area contributed by atoms with Crippen LogP contribution in [-0.4, -0.2) is 12.2 Å². The quantitative estimate of drug-likeness (QED) is 0.904. The molecule has 0 radical (unpaired) electrons. The summed E-state index contributed by atoms with van der Waals surface area (Å²) in [5, 5.41) is 11.7. The van der Waals surface area contributed by atoms with Crippen molar-refractivity contribution in [1.29, 1.82) is 0 Å². The van der Waals surface area contributed by atoms with Gasteiger partial charge in [-0.05, 0) is 42.3 Å². The molecule has 0 aliphatic rings. The zero-order valence-corrected chi connectivity index (χ0v) is 12.9. The minimum Gasteiger partial charge on any atom is -0.497 e. The highest BCUT2D eigenvalue weighted by molar-refractivity contribution is 6.42. The van der Waals surface area contributed by atoms with Gasteiger partial charge in [0.2, 0.25) is 0 Å². The second kappa shape index (κ2) is 6.04. The largest absolute Gasteiger partial charge is 0.497 e. The van der Waals surface area contributed by atoms with E-state index in [4.69, 9.17) is 27.9 Å².